The molecular formula is C15H19ClN4O2S. The summed E-state index contributed by atoms with van der Waals surface area (Å²) in [7, 11) is 1.65. The number of piperidine rings is 1. The van der Waals surface area contributed by atoms with Crippen molar-refractivity contribution in [3.8, 4) is 5.88 Å². The van der Waals surface area contributed by atoms with Gasteiger partial charge in [-0.2, -0.15) is 4.37 Å². The van der Waals surface area contributed by atoms with Crippen LogP contribution in [0, 0.1) is 5.92 Å². The van der Waals surface area contributed by atoms with E-state index in [2.05, 4.69) is 19.2 Å². The van der Waals surface area contributed by atoms with Gasteiger partial charge in [0.05, 0.1) is 6.61 Å². The standard InChI is InChI=1S/C15H19ClN4O2S/c1-21-10-13-18-15(23-19-13)20-7-3-4-11(8-20)9-22-14-12(16)5-2-6-17-14/h2,5-6,11H,3-4,7-10H2,1H3. The Morgan fingerprint density at radius 3 is 3.22 bits per heavy atom. The Kier molecular flexibility index (Phi) is 5.64. The normalized spacial score (nSPS) is 18.2. The number of aromatic nitrogens is 3. The van der Waals surface area contributed by atoms with Crippen molar-refractivity contribution < 1.29 is 9.47 Å². The number of ether oxygens (including phenoxy) is 2. The number of hydrogen-bond donors (Lipinski definition) is 0. The topological polar surface area (TPSA) is 60.4 Å². The first-order valence-electron chi connectivity index (χ1n) is 7.56. The SMILES string of the molecule is COCc1nsc(N2CCCC(COc3ncccc3Cl)C2)n1. The van der Waals surface area contributed by atoms with Crippen molar-refractivity contribution in [2.24, 2.45) is 5.92 Å². The monoisotopic (exact) mass is 354 g/mol. The fourth-order valence-electron chi connectivity index (χ4n) is 2.61. The van der Waals surface area contributed by atoms with Gasteiger partial charge in [-0.1, -0.05) is 11.6 Å². The molecule has 2 aromatic rings. The Bertz CT molecular complexity index is 639. The Morgan fingerprint density at radius 2 is 2.39 bits per heavy atom. The van der Waals surface area contributed by atoms with Crippen molar-refractivity contribution >= 4 is 28.3 Å². The molecule has 2 aromatic heterocycles. The van der Waals surface area contributed by atoms with Crippen LogP contribution in [0.1, 0.15) is 18.7 Å². The third-order valence-corrected chi connectivity index (χ3v) is 4.80. The number of hydrogen-bond acceptors (Lipinski definition) is 7. The highest BCUT2D eigenvalue weighted by atomic mass is 35.5. The van der Waals surface area contributed by atoms with Gasteiger partial charge in [-0.05, 0) is 25.0 Å². The number of anilines is 1. The summed E-state index contributed by atoms with van der Waals surface area (Å²) in [5, 5.41) is 1.51. The van der Waals surface area contributed by atoms with E-state index in [1.165, 1.54) is 11.5 Å². The van der Waals surface area contributed by atoms with E-state index < -0.39 is 0 Å². The lowest BCUT2D eigenvalue weighted by molar-refractivity contribution is 0.179. The number of halogens is 1. The van der Waals surface area contributed by atoms with Gasteiger partial charge in [-0.25, -0.2) is 9.97 Å². The summed E-state index contributed by atoms with van der Waals surface area (Å²) < 4.78 is 15.2. The van der Waals surface area contributed by atoms with Crippen molar-refractivity contribution in [1.82, 2.24) is 14.3 Å². The summed E-state index contributed by atoms with van der Waals surface area (Å²) in [6.45, 7) is 2.97. The lowest BCUT2D eigenvalue weighted by Crippen LogP contribution is -2.37. The Hall–Kier alpha value is -1.44. The minimum absolute atomic E-state index is 0.427. The number of methoxy groups -OCH3 is 1. The maximum Gasteiger partial charge on any atom is 0.232 e. The number of rotatable bonds is 6. The second kappa shape index (κ2) is 7.90. The smallest absolute Gasteiger partial charge is 0.232 e. The Balaban J connectivity index is 1.56. The molecule has 0 aromatic carbocycles. The molecule has 0 aliphatic carbocycles. The molecule has 3 heterocycles. The molecule has 23 heavy (non-hydrogen) atoms. The number of pyridine rings is 1. The minimum atomic E-state index is 0.427. The summed E-state index contributed by atoms with van der Waals surface area (Å²) in [5.74, 6) is 1.67. The van der Waals surface area contributed by atoms with Gasteiger partial charge < -0.3 is 14.4 Å². The molecule has 6 nitrogen and oxygen atoms in total. The molecule has 0 amide bonds. The van der Waals surface area contributed by atoms with Crippen LogP contribution in [-0.2, 0) is 11.3 Å². The molecule has 1 aliphatic heterocycles. The van der Waals surface area contributed by atoms with Gasteiger partial charge in [0, 0.05) is 43.8 Å². The van der Waals surface area contributed by atoms with Crippen LogP contribution in [-0.4, -0.2) is 41.1 Å². The average molecular weight is 355 g/mol. The van der Waals surface area contributed by atoms with Crippen LogP contribution in [0.25, 0.3) is 0 Å². The lowest BCUT2D eigenvalue weighted by Gasteiger charge is -2.32. The first-order valence-corrected chi connectivity index (χ1v) is 8.71. The van der Waals surface area contributed by atoms with E-state index in [0.29, 0.717) is 30.0 Å². The molecular weight excluding hydrogens is 336 g/mol. The van der Waals surface area contributed by atoms with Crippen LogP contribution in [0.15, 0.2) is 18.3 Å². The molecule has 124 valence electrons. The van der Waals surface area contributed by atoms with Gasteiger partial charge in [0.15, 0.2) is 5.82 Å². The van der Waals surface area contributed by atoms with Gasteiger partial charge in [-0.15, -0.1) is 0 Å². The Morgan fingerprint density at radius 1 is 1.48 bits per heavy atom. The molecule has 1 fully saturated rings. The van der Waals surface area contributed by atoms with E-state index in [1.807, 2.05) is 0 Å². The fraction of sp³-hybridized carbons (Fsp3) is 0.533. The van der Waals surface area contributed by atoms with Crippen molar-refractivity contribution in [3.63, 3.8) is 0 Å². The van der Waals surface area contributed by atoms with Crippen molar-refractivity contribution in [1.29, 1.82) is 0 Å². The van der Waals surface area contributed by atoms with Crippen LogP contribution in [0.5, 0.6) is 5.88 Å². The highest BCUT2D eigenvalue weighted by Gasteiger charge is 2.23. The predicted molar refractivity (Wildman–Crippen MR) is 90.3 cm³/mol. The summed E-state index contributed by atoms with van der Waals surface area (Å²) >= 11 is 7.50. The lowest BCUT2D eigenvalue weighted by atomic mass is 9.99. The van der Waals surface area contributed by atoms with E-state index in [-0.39, 0.29) is 0 Å². The molecule has 0 saturated carbocycles. The quantitative estimate of drug-likeness (QED) is 0.794. The van der Waals surface area contributed by atoms with Crippen LogP contribution in [0.3, 0.4) is 0 Å². The van der Waals surface area contributed by atoms with Crippen molar-refractivity contribution in [2.45, 2.75) is 19.4 Å². The minimum Gasteiger partial charge on any atom is -0.476 e. The molecule has 1 unspecified atom stereocenters. The molecule has 0 spiro atoms. The first kappa shape index (κ1) is 16.4. The Labute approximate surface area is 144 Å². The molecule has 8 heteroatoms. The largest absolute Gasteiger partial charge is 0.476 e. The molecule has 0 bridgehead atoms. The van der Waals surface area contributed by atoms with E-state index in [9.17, 15) is 0 Å². The van der Waals surface area contributed by atoms with Crippen molar-refractivity contribution in [2.75, 3.05) is 31.7 Å². The second-order valence-electron chi connectivity index (χ2n) is 5.48. The molecule has 0 N–H and O–H groups in total. The van der Waals surface area contributed by atoms with E-state index in [4.69, 9.17) is 21.1 Å². The predicted octanol–water partition coefficient (Wildman–Crippen LogP) is 3.03. The van der Waals surface area contributed by atoms with Gasteiger partial charge in [-0.3, -0.25) is 0 Å². The van der Waals surface area contributed by atoms with Crippen LogP contribution >= 0.6 is 23.1 Å². The zero-order chi connectivity index (χ0) is 16.1. The number of nitrogens with zero attached hydrogens (tertiary/aromatic N) is 4. The van der Waals surface area contributed by atoms with Crippen LogP contribution < -0.4 is 9.64 Å². The summed E-state index contributed by atoms with van der Waals surface area (Å²) in [6, 6.07) is 3.58. The summed E-state index contributed by atoms with van der Waals surface area (Å²) in [5.41, 5.74) is 0. The fourth-order valence-corrected chi connectivity index (χ4v) is 3.49. The molecule has 1 saturated heterocycles. The van der Waals surface area contributed by atoms with Gasteiger partial charge in [0.1, 0.15) is 11.6 Å². The zero-order valence-electron chi connectivity index (χ0n) is 12.9. The second-order valence-corrected chi connectivity index (χ2v) is 6.62. The maximum absolute atomic E-state index is 6.07. The van der Waals surface area contributed by atoms with E-state index >= 15 is 0 Å². The average Bonchev–Trinajstić information content (AvgIpc) is 3.04. The van der Waals surface area contributed by atoms with E-state index in [1.54, 1.807) is 25.4 Å². The third-order valence-electron chi connectivity index (χ3n) is 3.70. The molecule has 1 aliphatic rings. The molecule has 1 atom stereocenters. The highest BCUT2D eigenvalue weighted by molar-refractivity contribution is 7.09. The third kappa shape index (κ3) is 4.31. The summed E-state index contributed by atoms with van der Waals surface area (Å²) in [6.07, 6.45) is 3.93. The first-order chi connectivity index (χ1) is 11.3. The van der Waals surface area contributed by atoms with Crippen LogP contribution in [0.2, 0.25) is 5.02 Å². The summed E-state index contributed by atoms with van der Waals surface area (Å²) in [4.78, 5) is 11.0. The van der Waals surface area contributed by atoms with Crippen molar-refractivity contribution in [3.05, 3.63) is 29.2 Å². The van der Waals surface area contributed by atoms with Crippen LogP contribution in [0.4, 0.5) is 5.13 Å². The highest BCUT2D eigenvalue weighted by Crippen LogP contribution is 2.26. The zero-order valence-corrected chi connectivity index (χ0v) is 14.5. The van der Waals surface area contributed by atoms with Gasteiger partial charge in [0.25, 0.3) is 0 Å². The van der Waals surface area contributed by atoms with E-state index in [0.717, 1.165) is 36.9 Å². The molecule has 3 rings (SSSR count). The van der Waals surface area contributed by atoms with Gasteiger partial charge in [0.2, 0.25) is 11.0 Å². The maximum atomic E-state index is 6.07. The molecule has 0 radical (unpaired) electrons. The van der Waals surface area contributed by atoms with Gasteiger partial charge >= 0.3 is 0 Å².